The Labute approximate surface area is 89.8 Å². The highest BCUT2D eigenvalue weighted by molar-refractivity contribution is 6.23. The van der Waals surface area contributed by atoms with Gasteiger partial charge >= 0.3 is 11.4 Å². The van der Waals surface area contributed by atoms with Crippen LogP contribution in [0.3, 0.4) is 0 Å². The molecular weight excluding hydrogens is 237 g/mol. The van der Waals surface area contributed by atoms with E-state index in [4.69, 9.17) is 0 Å². The van der Waals surface area contributed by atoms with Gasteiger partial charge in [0.05, 0.1) is 13.2 Å². The molecule has 0 aliphatic heterocycles. The number of alkyl halides is 3. The molecular formula is C8H10ClF3O3. The summed E-state index contributed by atoms with van der Waals surface area (Å²) < 4.78 is 46.6. The van der Waals surface area contributed by atoms with Crippen LogP contribution in [0.2, 0.25) is 0 Å². The van der Waals surface area contributed by atoms with Crippen molar-refractivity contribution in [2.75, 3.05) is 13.2 Å². The molecule has 88 valence electrons. The molecule has 0 radical (unpaired) electrons. The largest absolute Gasteiger partial charge is 0.488 e. The number of carbonyl (C=O) groups is 1. The predicted octanol–water partition coefficient (Wildman–Crippen LogP) is 2.60. The van der Waals surface area contributed by atoms with E-state index in [0.29, 0.717) is 0 Å². The maximum absolute atomic E-state index is 13.0. The van der Waals surface area contributed by atoms with E-state index in [0.717, 1.165) is 0 Å². The predicted molar refractivity (Wildman–Crippen MR) is 47.2 cm³/mol. The van der Waals surface area contributed by atoms with E-state index in [1.165, 1.54) is 13.8 Å². The van der Waals surface area contributed by atoms with Crippen molar-refractivity contribution in [3.8, 4) is 0 Å². The third-order valence-electron chi connectivity index (χ3n) is 1.20. The third-order valence-corrected chi connectivity index (χ3v) is 1.37. The third kappa shape index (κ3) is 4.42. The first-order valence-corrected chi connectivity index (χ1v) is 4.49. The molecule has 0 aliphatic rings. The van der Waals surface area contributed by atoms with Gasteiger partial charge in [-0.3, -0.25) is 0 Å². The Morgan fingerprint density at radius 2 is 1.73 bits per heavy atom. The molecule has 3 nitrogen and oxygen atoms in total. The summed E-state index contributed by atoms with van der Waals surface area (Å²) in [5.74, 6) is -4.87. The van der Waals surface area contributed by atoms with Gasteiger partial charge in [-0.2, -0.15) is 13.2 Å². The van der Waals surface area contributed by atoms with Gasteiger partial charge in [-0.25, -0.2) is 4.79 Å². The van der Waals surface area contributed by atoms with Crippen LogP contribution in [-0.2, 0) is 14.3 Å². The maximum atomic E-state index is 13.0. The lowest BCUT2D eigenvalue weighted by Gasteiger charge is -2.13. The summed E-state index contributed by atoms with van der Waals surface area (Å²) in [6, 6.07) is 0. The van der Waals surface area contributed by atoms with Gasteiger partial charge in [-0.05, 0) is 25.4 Å². The van der Waals surface area contributed by atoms with Gasteiger partial charge in [-0.1, -0.05) is 0 Å². The number of halogens is 4. The second-order valence-electron chi connectivity index (χ2n) is 2.29. The minimum Gasteiger partial charge on any atom is -0.488 e. The van der Waals surface area contributed by atoms with Gasteiger partial charge < -0.3 is 9.47 Å². The highest BCUT2D eigenvalue weighted by Gasteiger charge is 2.39. The Morgan fingerprint density at radius 3 is 2.07 bits per heavy atom. The van der Waals surface area contributed by atoms with Crippen LogP contribution in [0.4, 0.5) is 13.2 Å². The lowest BCUT2D eigenvalue weighted by Crippen LogP contribution is -2.19. The number of hydrogen-bond donors (Lipinski definition) is 0. The lowest BCUT2D eigenvalue weighted by molar-refractivity contribution is -0.141. The average molecular weight is 247 g/mol. The Bertz CT molecular complexity index is 260. The molecule has 0 heterocycles. The number of allylic oxidation sites excluding steroid dienone is 1. The Balaban J connectivity index is 5.00. The van der Waals surface area contributed by atoms with Crippen LogP contribution in [-0.4, -0.2) is 24.6 Å². The monoisotopic (exact) mass is 246 g/mol. The highest BCUT2D eigenvalue weighted by atomic mass is 35.5. The van der Waals surface area contributed by atoms with E-state index < -0.39 is 22.9 Å². The van der Waals surface area contributed by atoms with Crippen LogP contribution in [0.15, 0.2) is 11.6 Å². The molecule has 0 rings (SSSR count). The zero-order valence-corrected chi connectivity index (χ0v) is 8.91. The lowest BCUT2D eigenvalue weighted by atomic mass is 10.4. The number of hydrogen-bond acceptors (Lipinski definition) is 3. The van der Waals surface area contributed by atoms with Gasteiger partial charge in [0, 0.05) is 0 Å². The summed E-state index contributed by atoms with van der Waals surface area (Å²) >= 11 is 4.55. The van der Waals surface area contributed by atoms with E-state index >= 15 is 0 Å². The minimum absolute atomic E-state index is 0.139. The van der Waals surface area contributed by atoms with Crippen LogP contribution in [0.1, 0.15) is 13.8 Å². The molecule has 15 heavy (non-hydrogen) atoms. The van der Waals surface area contributed by atoms with E-state index in [9.17, 15) is 18.0 Å². The summed E-state index contributed by atoms with van der Waals surface area (Å²) in [6.07, 6.45) is 0. The molecule has 7 heteroatoms. The van der Waals surface area contributed by atoms with Crippen molar-refractivity contribution in [3.63, 3.8) is 0 Å². The zero-order chi connectivity index (χ0) is 12.1. The molecule has 0 spiro atoms. The summed E-state index contributed by atoms with van der Waals surface area (Å²) in [5.41, 5.74) is 0. The quantitative estimate of drug-likeness (QED) is 0.324. The normalized spacial score (nSPS) is 13.2. The molecule has 0 aromatic carbocycles. The molecule has 0 aromatic rings. The Morgan fingerprint density at radius 1 is 1.27 bits per heavy atom. The molecule has 0 aliphatic carbocycles. The first kappa shape index (κ1) is 14.1. The van der Waals surface area contributed by atoms with E-state index in [1.807, 2.05) is 0 Å². The molecule has 0 N–H and O–H groups in total. The molecule has 0 bridgehead atoms. The topological polar surface area (TPSA) is 35.5 Å². The van der Waals surface area contributed by atoms with Crippen LogP contribution in [0, 0.1) is 0 Å². The van der Waals surface area contributed by atoms with Crippen molar-refractivity contribution in [3.05, 3.63) is 11.6 Å². The Kier molecular flexibility index (Phi) is 5.49. The van der Waals surface area contributed by atoms with Gasteiger partial charge in [0.1, 0.15) is 0 Å². The number of carbonyl (C=O) groups excluding carboxylic acids is 1. The van der Waals surface area contributed by atoms with Crippen molar-refractivity contribution in [2.45, 2.75) is 19.2 Å². The smallest absolute Gasteiger partial charge is 0.382 e. The molecule has 0 unspecified atom stereocenters. The summed E-state index contributed by atoms with van der Waals surface area (Å²) in [5, 5.41) is -4.08. The standard InChI is InChI=1S/C8H10ClF3O3/c1-3-14-6(8(9,11)12)5(10)7(13)15-4-2/h3-4H2,1-2H3/b6-5-. The van der Waals surface area contributed by atoms with Crippen molar-refractivity contribution in [1.82, 2.24) is 0 Å². The number of ether oxygens (including phenoxy) is 2. The summed E-state index contributed by atoms with van der Waals surface area (Å²) in [7, 11) is 0. The molecule has 0 saturated carbocycles. The molecule has 0 aromatic heterocycles. The zero-order valence-electron chi connectivity index (χ0n) is 8.15. The van der Waals surface area contributed by atoms with E-state index in [1.54, 1.807) is 0 Å². The van der Waals surface area contributed by atoms with Crippen LogP contribution < -0.4 is 0 Å². The van der Waals surface area contributed by atoms with Crippen LogP contribution in [0.25, 0.3) is 0 Å². The fourth-order valence-corrected chi connectivity index (χ4v) is 0.839. The van der Waals surface area contributed by atoms with E-state index in [-0.39, 0.29) is 13.2 Å². The molecule has 0 amide bonds. The fraction of sp³-hybridized carbons (Fsp3) is 0.625. The second kappa shape index (κ2) is 5.85. The van der Waals surface area contributed by atoms with Gasteiger partial charge in [0.25, 0.3) is 5.83 Å². The van der Waals surface area contributed by atoms with Gasteiger partial charge in [0.15, 0.2) is 0 Å². The van der Waals surface area contributed by atoms with E-state index in [2.05, 4.69) is 21.1 Å². The van der Waals surface area contributed by atoms with Crippen molar-refractivity contribution >= 4 is 17.6 Å². The van der Waals surface area contributed by atoms with Crippen molar-refractivity contribution in [1.29, 1.82) is 0 Å². The van der Waals surface area contributed by atoms with Crippen LogP contribution >= 0.6 is 11.6 Å². The van der Waals surface area contributed by atoms with Crippen molar-refractivity contribution < 1.29 is 27.4 Å². The summed E-state index contributed by atoms with van der Waals surface area (Å²) in [4.78, 5) is 10.8. The van der Waals surface area contributed by atoms with Crippen molar-refractivity contribution in [2.24, 2.45) is 0 Å². The maximum Gasteiger partial charge on any atom is 0.382 e. The molecule has 0 fully saturated rings. The Hall–Kier alpha value is -0.910. The van der Waals surface area contributed by atoms with Gasteiger partial charge in [-0.15, -0.1) is 0 Å². The number of rotatable bonds is 5. The molecule has 0 saturated heterocycles. The number of esters is 1. The highest BCUT2D eigenvalue weighted by Crippen LogP contribution is 2.32. The minimum atomic E-state index is -4.08. The fourth-order valence-electron chi connectivity index (χ4n) is 0.701. The van der Waals surface area contributed by atoms with Gasteiger partial charge in [0.2, 0.25) is 5.76 Å². The van der Waals surface area contributed by atoms with Crippen LogP contribution in [0.5, 0.6) is 0 Å². The second-order valence-corrected chi connectivity index (χ2v) is 2.77. The first-order valence-electron chi connectivity index (χ1n) is 4.11. The first-order chi connectivity index (χ1) is 6.84. The summed E-state index contributed by atoms with van der Waals surface area (Å²) in [6.45, 7) is 2.37. The molecule has 0 atom stereocenters. The SMILES string of the molecule is CCOC(=O)/C(F)=C(/OCC)C(F)(F)Cl. The average Bonchev–Trinajstić information content (AvgIpc) is 2.11.